The molecule has 0 spiro atoms. The highest BCUT2D eigenvalue weighted by atomic mass is 16.2. The molecule has 2 heteroatoms. The molecule has 1 aromatic rings. The summed E-state index contributed by atoms with van der Waals surface area (Å²) in [6.07, 6.45) is 19.8. The van der Waals surface area contributed by atoms with E-state index in [1.165, 1.54) is 95.5 Å². The SMILES string of the molecule is CCCCCCCCCN(CCCCCCCCC)C(=O)CCc1ccccc1. The van der Waals surface area contributed by atoms with Gasteiger partial charge >= 0.3 is 0 Å². The molecule has 0 aromatic heterocycles. The Hall–Kier alpha value is -1.31. The Morgan fingerprint density at radius 2 is 1.10 bits per heavy atom. The van der Waals surface area contributed by atoms with Crippen LogP contribution >= 0.6 is 0 Å². The highest BCUT2D eigenvalue weighted by Crippen LogP contribution is 2.12. The third kappa shape index (κ3) is 14.3. The number of amides is 1. The number of benzene rings is 1. The molecule has 0 N–H and O–H groups in total. The second kappa shape index (κ2) is 18.7. The van der Waals surface area contributed by atoms with Crippen LogP contribution in [0.1, 0.15) is 116 Å². The van der Waals surface area contributed by atoms with Crippen LogP contribution in [0, 0.1) is 0 Å². The summed E-state index contributed by atoms with van der Waals surface area (Å²) in [5, 5.41) is 0. The average molecular weight is 402 g/mol. The fourth-order valence-corrected chi connectivity index (χ4v) is 3.93. The molecule has 1 amide bonds. The van der Waals surface area contributed by atoms with Gasteiger partial charge in [-0.1, -0.05) is 121 Å². The lowest BCUT2D eigenvalue weighted by Gasteiger charge is -2.23. The maximum absolute atomic E-state index is 12.9. The molecule has 0 bridgehead atoms. The molecule has 0 saturated carbocycles. The zero-order valence-electron chi connectivity index (χ0n) is 19.5. The van der Waals surface area contributed by atoms with Crippen molar-refractivity contribution < 1.29 is 4.79 Å². The van der Waals surface area contributed by atoms with Crippen molar-refractivity contribution in [3.05, 3.63) is 35.9 Å². The minimum atomic E-state index is 0.353. The fourth-order valence-electron chi connectivity index (χ4n) is 3.93. The van der Waals surface area contributed by atoms with Crippen molar-refractivity contribution in [3.63, 3.8) is 0 Å². The molecule has 2 nitrogen and oxygen atoms in total. The summed E-state index contributed by atoms with van der Waals surface area (Å²) in [6.45, 7) is 6.44. The Morgan fingerprint density at radius 3 is 1.59 bits per heavy atom. The van der Waals surface area contributed by atoms with Crippen LogP contribution < -0.4 is 0 Å². The number of nitrogens with zero attached hydrogens (tertiary/aromatic N) is 1. The van der Waals surface area contributed by atoms with Crippen molar-refractivity contribution in [2.45, 2.75) is 117 Å². The summed E-state index contributed by atoms with van der Waals surface area (Å²) in [4.78, 5) is 15.0. The van der Waals surface area contributed by atoms with E-state index in [2.05, 4.69) is 43.0 Å². The van der Waals surface area contributed by atoms with E-state index in [-0.39, 0.29) is 0 Å². The molecular weight excluding hydrogens is 354 g/mol. The molecule has 1 rings (SSSR count). The highest BCUT2D eigenvalue weighted by Gasteiger charge is 2.13. The lowest BCUT2D eigenvalue weighted by Crippen LogP contribution is -2.33. The zero-order chi connectivity index (χ0) is 21.0. The van der Waals surface area contributed by atoms with Gasteiger partial charge < -0.3 is 4.90 Å². The van der Waals surface area contributed by atoms with Crippen LogP contribution in [-0.4, -0.2) is 23.9 Å². The summed E-state index contributed by atoms with van der Waals surface area (Å²) in [6, 6.07) is 10.4. The van der Waals surface area contributed by atoms with E-state index in [0.29, 0.717) is 12.3 Å². The van der Waals surface area contributed by atoms with Gasteiger partial charge in [0.2, 0.25) is 5.91 Å². The molecule has 0 fully saturated rings. The monoisotopic (exact) mass is 401 g/mol. The number of hydrogen-bond acceptors (Lipinski definition) is 1. The topological polar surface area (TPSA) is 20.3 Å². The first kappa shape index (κ1) is 25.7. The maximum Gasteiger partial charge on any atom is 0.222 e. The zero-order valence-corrected chi connectivity index (χ0v) is 19.5. The van der Waals surface area contributed by atoms with Crippen molar-refractivity contribution in [2.75, 3.05) is 13.1 Å². The van der Waals surface area contributed by atoms with Crippen molar-refractivity contribution >= 4 is 5.91 Å². The third-order valence-corrected chi connectivity index (χ3v) is 5.89. The van der Waals surface area contributed by atoms with Crippen LogP contribution in [0.25, 0.3) is 0 Å². The lowest BCUT2D eigenvalue weighted by molar-refractivity contribution is -0.131. The van der Waals surface area contributed by atoms with Gasteiger partial charge in [0.1, 0.15) is 0 Å². The Balaban J connectivity index is 2.31. The number of unbranched alkanes of at least 4 members (excludes halogenated alkanes) is 12. The first-order valence-corrected chi connectivity index (χ1v) is 12.6. The molecule has 0 unspecified atom stereocenters. The first-order valence-electron chi connectivity index (χ1n) is 12.6. The van der Waals surface area contributed by atoms with E-state index in [0.717, 1.165) is 19.5 Å². The number of carbonyl (C=O) groups excluding carboxylic acids is 1. The van der Waals surface area contributed by atoms with Crippen molar-refractivity contribution in [3.8, 4) is 0 Å². The Morgan fingerprint density at radius 1 is 0.655 bits per heavy atom. The summed E-state index contributed by atoms with van der Waals surface area (Å²) in [5.74, 6) is 0.353. The minimum Gasteiger partial charge on any atom is -0.343 e. The number of hydrogen-bond donors (Lipinski definition) is 0. The van der Waals surface area contributed by atoms with E-state index >= 15 is 0 Å². The quantitative estimate of drug-likeness (QED) is 0.215. The molecule has 0 heterocycles. The summed E-state index contributed by atoms with van der Waals surface area (Å²) >= 11 is 0. The van der Waals surface area contributed by atoms with Crippen molar-refractivity contribution in [2.24, 2.45) is 0 Å². The number of rotatable bonds is 19. The molecule has 29 heavy (non-hydrogen) atoms. The van der Waals surface area contributed by atoms with E-state index < -0.39 is 0 Å². The van der Waals surface area contributed by atoms with Gasteiger partial charge in [-0.3, -0.25) is 4.79 Å². The molecule has 0 aliphatic carbocycles. The van der Waals surface area contributed by atoms with Gasteiger partial charge in [0.15, 0.2) is 0 Å². The predicted octanol–water partition coefficient (Wildman–Crippen LogP) is 7.95. The van der Waals surface area contributed by atoms with Crippen LogP contribution in [0.15, 0.2) is 30.3 Å². The molecule has 166 valence electrons. The first-order chi connectivity index (χ1) is 14.3. The van der Waals surface area contributed by atoms with Gasteiger partial charge in [-0.25, -0.2) is 0 Å². The largest absolute Gasteiger partial charge is 0.343 e. The standard InChI is InChI=1S/C27H47NO/c1-3-5-7-9-11-13-18-24-28(25-19-14-12-10-8-6-4-2)27(29)23-22-26-20-16-15-17-21-26/h15-17,20-21H,3-14,18-19,22-25H2,1-2H3. The Labute approximate surface area is 181 Å². The highest BCUT2D eigenvalue weighted by molar-refractivity contribution is 5.76. The van der Waals surface area contributed by atoms with Crippen molar-refractivity contribution in [1.82, 2.24) is 4.90 Å². The Bertz CT molecular complexity index is 467. The van der Waals surface area contributed by atoms with Gasteiger partial charge in [-0.15, -0.1) is 0 Å². The van der Waals surface area contributed by atoms with Crippen LogP contribution in [-0.2, 0) is 11.2 Å². The van der Waals surface area contributed by atoms with Gasteiger partial charge in [0.25, 0.3) is 0 Å². The normalized spacial score (nSPS) is 11.0. The maximum atomic E-state index is 12.9. The molecule has 0 aliphatic heterocycles. The van der Waals surface area contributed by atoms with Gasteiger partial charge in [-0.05, 0) is 24.8 Å². The molecule has 0 atom stereocenters. The molecule has 0 radical (unpaired) electrons. The second-order valence-corrected chi connectivity index (χ2v) is 8.61. The van der Waals surface area contributed by atoms with E-state index in [9.17, 15) is 4.79 Å². The third-order valence-electron chi connectivity index (χ3n) is 5.89. The Kier molecular flexibility index (Phi) is 16.6. The van der Waals surface area contributed by atoms with Crippen LogP contribution in [0.4, 0.5) is 0 Å². The van der Waals surface area contributed by atoms with E-state index in [1.54, 1.807) is 0 Å². The molecule has 0 saturated heterocycles. The molecule has 1 aromatic carbocycles. The van der Waals surface area contributed by atoms with Gasteiger partial charge in [-0.2, -0.15) is 0 Å². The van der Waals surface area contributed by atoms with E-state index in [1.807, 2.05) is 6.07 Å². The van der Waals surface area contributed by atoms with E-state index in [4.69, 9.17) is 0 Å². The van der Waals surface area contributed by atoms with Gasteiger partial charge in [0.05, 0.1) is 0 Å². The average Bonchev–Trinajstić information content (AvgIpc) is 2.75. The summed E-state index contributed by atoms with van der Waals surface area (Å²) in [5.41, 5.74) is 1.27. The van der Waals surface area contributed by atoms with Crippen LogP contribution in [0.5, 0.6) is 0 Å². The summed E-state index contributed by atoms with van der Waals surface area (Å²) in [7, 11) is 0. The second-order valence-electron chi connectivity index (χ2n) is 8.61. The summed E-state index contributed by atoms with van der Waals surface area (Å²) < 4.78 is 0. The number of carbonyl (C=O) groups is 1. The minimum absolute atomic E-state index is 0.353. The number of aryl methyl sites for hydroxylation is 1. The van der Waals surface area contributed by atoms with Crippen LogP contribution in [0.3, 0.4) is 0 Å². The van der Waals surface area contributed by atoms with Gasteiger partial charge in [0, 0.05) is 19.5 Å². The molecule has 0 aliphatic rings. The smallest absolute Gasteiger partial charge is 0.222 e. The van der Waals surface area contributed by atoms with Crippen molar-refractivity contribution in [1.29, 1.82) is 0 Å². The fraction of sp³-hybridized carbons (Fsp3) is 0.741. The van der Waals surface area contributed by atoms with Crippen LogP contribution in [0.2, 0.25) is 0 Å². The predicted molar refractivity (Wildman–Crippen MR) is 127 cm³/mol. The molecular formula is C27H47NO. The lowest BCUT2D eigenvalue weighted by atomic mass is 10.1.